The summed E-state index contributed by atoms with van der Waals surface area (Å²) in [6, 6.07) is 5.26. The largest absolute Gasteiger partial charge is 0.417 e. The second-order valence-corrected chi connectivity index (χ2v) is 8.99. The van der Waals surface area contributed by atoms with Gasteiger partial charge in [-0.3, -0.25) is 9.78 Å². The molecule has 0 saturated heterocycles. The summed E-state index contributed by atoms with van der Waals surface area (Å²) in [4.78, 5) is 22.6. The first-order valence-corrected chi connectivity index (χ1v) is 11.1. The number of aromatic nitrogens is 2. The minimum absolute atomic E-state index is 0.0440. The fraction of sp³-hybridized carbons (Fsp3) is 0.375. The molecule has 3 aromatic rings. The fourth-order valence-corrected chi connectivity index (χ4v) is 4.64. The first-order valence-electron chi connectivity index (χ1n) is 11.1. The highest BCUT2D eigenvalue weighted by molar-refractivity contribution is 5.99. The van der Waals surface area contributed by atoms with Crippen molar-refractivity contribution < 1.29 is 35.9 Å². The van der Waals surface area contributed by atoms with Gasteiger partial charge < -0.3 is 15.4 Å². The van der Waals surface area contributed by atoms with Gasteiger partial charge in [0.2, 0.25) is 0 Å². The number of anilines is 1. The van der Waals surface area contributed by atoms with Crippen molar-refractivity contribution in [3.8, 4) is 0 Å². The minimum atomic E-state index is -4.61. The zero-order valence-electron chi connectivity index (χ0n) is 18.8. The molecule has 1 aliphatic carbocycles. The third-order valence-corrected chi connectivity index (χ3v) is 6.62. The maximum atomic E-state index is 13.5. The van der Waals surface area contributed by atoms with Crippen LogP contribution in [0.4, 0.5) is 32.2 Å². The van der Waals surface area contributed by atoms with E-state index in [9.17, 15) is 31.1 Å². The van der Waals surface area contributed by atoms with Crippen molar-refractivity contribution in [2.45, 2.75) is 51.0 Å². The topological polar surface area (TPSA) is 81.3 Å². The average molecular weight is 510 g/mol. The van der Waals surface area contributed by atoms with Gasteiger partial charge in [-0.05, 0) is 49.2 Å². The van der Waals surface area contributed by atoms with Crippen LogP contribution in [0.2, 0.25) is 0 Å². The van der Waals surface area contributed by atoms with E-state index in [0.717, 1.165) is 22.6 Å². The molecule has 0 radical (unpaired) electrons. The third-order valence-electron chi connectivity index (χ3n) is 6.62. The summed E-state index contributed by atoms with van der Waals surface area (Å²) in [6.45, 7) is 1.69. The normalized spacial score (nSPS) is 21.5. The minimum Gasteiger partial charge on any atom is -0.383 e. The average Bonchev–Trinajstić information content (AvgIpc) is 3.52. The molecule has 12 heteroatoms. The van der Waals surface area contributed by atoms with Gasteiger partial charge in [-0.2, -0.15) is 26.3 Å². The van der Waals surface area contributed by atoms with E-state index in [2.05, 4.69) is 9.97 Å². The zero-order valence-corrected chi connectivity index (χ0v) is 18.8. The van der Waals surface area contributed by atoms with E-state index in [1.165, 1.54) is 6.07 Å². The monoisotopic (exact) mass is 510 g/mol. The highest BCUT2D eigenvalue weighted by atomic mass is 19.4. The number of carbonyl (C=O) groups excluding carboxylic acids is 1. The van der Waals surface area contributed by atoms with Crippen LogP contribution in [0.3, 0.4) is 0 Å². The molecule has 6 nitrogen and oxygen atoms in total. The molecule has 36 heavy (non-hydrogen) atoms. The first-order chi connectivity index (χ1) is 16.8. The summed E-state index contributed by atoms with van der Waals surface area (Å²) in [5, 5.41) is 0.602. The lowest BCUT2D eigenvalue weighted by molar-refractivity contribution is -0.151. The Morgan fingerprint density at radius 3 is 2.53 bits per heavy atom. The third kappa shape index (κ3) is 4.34. The SMILES string of the molecule is C[C@H]1OCc2c1c(N)nc1ccc(C(=O)N(Cc3ccc(C(F)(F)F)cn3)[C@H]3C[C@@H]3C(F)(F)F)cc21. The molecule has 2 N–H and O–H groups in total. The number of halogens is 6. The number of fused-ring (bicyclic) bond motifs is 3. The second-order valence-electron chi connectivity index (χ2n) is 8.99. The van der Waals surface area contributed by atoms with Crippen LogP contribution in [0, 0.1) is 5.92 Å². The lowest BCUT2D eigenvalue weighted by atomic mass is 10.00. The Bertz CT molecular complexity index is 1340. The lowest BCUT2D eigenvalue weighted by Gasteiger charge is -2.24. The van der Waals surface area contributed by atoms with Crippen molar-refractivity contribution in [3.05, 3.63) is 64.5 Å². The molecule has 190 valence electrons. The van der Waals surface area contributed by atoms with Crippen molar-refractivity contribution in [2.75, 3.05) is 5.73 Å². The lowest BCUT2D eigenvalue weighted by Crippen LogP contribution is -2.35. The van der Waals surface area contributed by atoms with E-state index in [0.29, 0.717) is 28.5 Å². The van der Waals surface area contributed by atoms with Gasteiger partial charge in [-0.25, -0.2) is 4.98 Å². The first kappa shape index (κ1) is 24.3. The van der Waals surface area contributed by atoms with E-state index >= 15 is 0 Å². The zero-order chi connectivity index (χ0) is 26.0. The van der Waals surface area contributed by atoms with Crippen LogP contribution in [0.1, 0.15) is 52.2 Å². The number of nitrogen functional groups attached to an aromatic ring is 1. The number of pyridine rings is 2. The molecule has 2 aromatic heterocycles. The van der Waals surface area contributed by atoms with E-state index in [-0.39, 0.29) is 36.9 Å². The van der Waals surface area contributed by atoms with Crippen molar-refractivity contribution in [3.63, 3.8) is 0 Å². The van der Waals surface area contributed by atoms with Gasteiger partial charge in [-0.15, -0.1) is 0 Å². The molecule has 0 bridgehead atoms. The number of carbonyl (C=O) groups is 1. The van der Waals surface area contributed by atoms with Gasteiger partial charge in [0.05, 0.1) is 41.9 Å². The molecule has 1 amide bonds. The van der Waals surface area contributed by atoms with E-state index in [1.807, 2.05) is 6.92 Å². The summed E-state index contributed by atoms with van der Waals surface area (Å²) >= 11 is 0. The number of nitrogens with two attached hydrogens (primary N) is 1. The molecule has 1 aliphatic heterocycles. The van der Waals surface area contributed by atoms with Crippen molar-refractivity contribution in [1.82, 2.24) is 14.9 Å². The van der Waals surface area contributed by atoms with Gasteiger partial charge in [0.1, 0.15) is 5.82 Å². The summed E-state index contributed by atoms with van der Waals surface area (Å²) < 4.78 is 84.3. The van der Waals surface area contributed by atoms with Gasteiger partial charge in [0.25, 0.3) is 5.91 Å². The highest BCUT2D eigenvalue weighted by Gasteiger charge is 2.59. The number of benzene rings is 1. The number of amides is 1. The fourth-order valence-electron chi connectivity index (χ4n) is 4.64. The molecule has 1 aromatic carbocycles. The van der Waals surface area contributed by atoms with Crippen molar-refractivity contribution in [1.29, 1.82) is 0 Å². The van der Waals surface area contributed by atoms with Crippen LogP contribution >= 0.6 is 0 Å². The van der Waals surface area contributed by atoms with E-state index in [4.69, 9.17) is 10.5 Å². The number of hydrogen-bond donors (Lipinski definition) is 1. The van der Waals surface area contributed by atoms with Crippen LogP contribution in [-0.2, 0) is 24.1 Å². The van der Waals surface area contributed by atoms with Crippen LogP contribution < -0.4 is 5.73 Å². The molecule has 2 aliphatic rings. The summed E-state index contributed by atoms with van der Waals surface area (Å²) in [5.41, 5.74) is 7.20. The van der Waals surface area contributed by atoms with E-state index < -0.39 is 35.8 Å². The standard InChI is InChI=1S/C24H20F6N4O2/c1-11-20-16(10-36-11)15-6-12(2-5-18(15)33-21(20)31)22(35)34(19-7-17(19)24(28,29)30)9-14-4-3-13(8-32-14)23(25,26)27/h2-6,8,11,17,19H,7,9-10H2,1H3,(H2,31,33)/t11-,17+,19+/m1/s1. The molecule has 0 spiro atoms. The molecule has 3 atom stereocenters. The van der Waals surface area contributed by atoms with Gasteiger partial charge in [0.15, 0.2) is 0 Å². The highest BCUT2D eigenvalue weighted by Crippen LogP contribution is 2.48. The predicted molar refractivity (Wildman–Crippen MR) is 116 cm³/mol. The quantitative estimate of drug-likeness (QED) is 0.475. The maximum absolute atomic E-state index is 13.5. The molecular formula is C24H20F6N4O2. The van der Waals surface area contributed by atoms with Crippen LogP contribution in [0.15, 0.2) is 36.5 Å². The van der Waals surface area contributed by atoms with Crippen LogP contribution in [0.25, 0.3) is 10.9 Å². The molecule has 5 rings (SSSR count). The number of nitrogens with zero attached hydrogens (tertiary/aromatic N) is 3. The Morgan fingerprint density at radius 1 is 1.17 bits per heavy atom. The van der Waals surface area contributed by atoms with Gasteiger partial charge in [0, 0.05) is 28.8 Å². The van der Waals surface area contributed by atoms with Crippen LogP contribution in [0.5, 0.6) is 0 Å². The molecule has 0 unspecified atom stereocenters. The van der Waals surface area contributed by atoms with Gasteiger partial charge >= 0.3 is 12.4 Å². The molecule has 1 fully saturated rings. The Balaban J connectivity index is 1.50. The number of hydrogen-bond acceptors (Lipinski definition) is 5. The Kier molecular flexibility index (Phi) is 5.62. The Labute approximate surface area is 201 Å². The summed E-state index contributed by atoms with van der Waals surface area (Å²) in [6.07, 6.45) is -9.10. The maximum Gasteiger partial charge on any atom is 0.417 e. The number of rotatable bonds is 4. The van der Waals surface area contributed by atoms with Crippen LogP contribution in [-0.4, -0.2) is 33.0 Å². The molecular weight excluding hydrogens is 490 g/mol. The Hall–Kier alpha value is -3.41. The smallest absolute Gasteiger partial charge is 0.383 e. The Morgan fingerprint density at radius 2 is 1.92 bits per heavy atom. The number of ether oxygens (including phenoxy) is 1. The van der Waals surface area contributed by atoms with Gasteiger partial charge in [-0.1, -0.05) is 0 Å². The molecule has 1 saturated carbocycles. The summed E-state index contributed by atoms with van der Waals surface area (Å²) in [7, 11) is 0. The van der Waals surface area contributed by atoms with Crippen molar-refractivity contribution >= 4 is 22.6 Å². The van der Waals surface area contributed by atoms with E-state index in [1.54, 1.807) is 12.1 Å². The number of alkyl halides is 6. The van der Waals surface area contributed by atoms with Crippen molar-refractivity contribution in [2.24, 2.45) is 5.92 Å². The summed E-state index contributed by atoms with van der Waals surface area (Å²) in [5.74, 6) is -2.09. The predicted octanol–water partition coefficient (Wildman–Crippen LogP) is 5.42. The second kappa shape index (κ2) is 8.32. The molecule has 3 heterocycles.